The number of rotatable bonds is 4. The van der Waals surface area contributed by atoms with Gasteiger partial charge in [-0.25, -0.2) is 0 Å². The highest BCUT2D eigenvalue weighted by molar-refractivity contribution is 6.30. The lowest BCUT2D eigenvalue weighted by molar-refractivity contribution is -0.133. The summed E-state index contributed by atoms with van der Waals surface area (Å²) in [5.41, 5.74) is 3.26. The number of esters is 1. The van der Waals surface area contributed by atoms with E-state index in [2.05, 4.69) is 0 Å². The average molecular weight is 405 g/mol. The van der Waals surface area contributed by atoms with Crippen molar-refractivity contribution in [2.45, 2.75) is 13.3 Å². The van der Waals surface area contributed by atoms with Gasteiger partial charge in [-0.2, -0.15) is 0 Å². The second-order valence-electron chi connectivity index (χ2n) is 6.79. The largest absolute Gasteiger partial charge is 0.452 e. The Morgan fingerprint density at radius 2 is 1.76 bits per heavy atom. The lowest BCUT2D eigenvalue weighted by Gasteiger charge is -2.06. The minimum atomic E-state index is -0.410. The first-order valence-corrected chi connectivity index (χ1v) is 9.46. The molecule has 0 saturated heterocycles. The van der Waals surface area contributed by atoms with E-state index in [0.29, 0.717) is 22.1 Å². The smallest absolute Gasteiger partial charge is 0.315 e. The van der Waals surface area contributed by atoms with Crippen molar-refractivity contribution in [2.24, 2.45) is 0 Å². The summed E-state index contributed by atoms with van der Waals surface area (Å²) in [6.07, 6.45) is 1.82. The number of allylic oxidation sites excluding steroid dienone is 1. The van der Waals surface area contributed by atoms with E-state index in [9.17, 15) is 9.59 Å². The molecular formula is C24H17ClO4. The predicted molar refractivity (Wildman–Crippen MR) is 111 cm³/mol. The standard InChI is InChI=1S/C24H17ClO4/c1-15-2-4-16(5-3-15)12-22-24(27)20-11-10-19(14-21(20)29-22)28-23(26)13-17-6-8-18(25)9-7-17/h2-12,14H,13H2,1H3/b22-12-. The summed E-state index contributed by atoms with van der Waals surface area (Å²) in [5, 5.41) is 0.608. The molecule has 3 aromatic carbocycles. The van der Waals surface area contributed by atoms with Gasteiger partial charge in [0.1, 0.15) is 11.5 Å². The molecule has 0 atom stereocenters. The lowest BCUT2D eigenvalue weighted by Crippen LogP contribution is -2.11. The Balaban J connectivity index is 1.47. The fourth-order valence-corrected chi connectivity index (χ4v) is 3.11. The van der Waals surface area contributed by atoms with Gasteiger partial charge in [-0.3, -0.25) is 9.59 Å². The van der Waals surface area contributed by atoms with Crippen LogP contribution in [0.25, 0.3) is 6.08 Å². The van der Waals surface area contributed by atoms with E-state index < -0.39 is 5.97 Å². The van der Waals surface area contributed by atoms with Gasteiger partial charge in [-0.15, -0.1) is 0 Å². The monoisotopic (exact) mass is 404 g/mol. The molecule has 0 amide bonds. The zero-order valence-corrected chi connectivity index (χ0v) is 16.4. The molecule has 1 aliphatic heterocycles. The molecule has 0 aromatic heterocycles. The van der Waals surface area contributed by atoms with Crippen LogP contribution in [0.15, 0.2) is 72.5 Å². The third-order valence-electron chi connectivity index (χ3n) is 4.51. The van der Waals surface area contributed by atoms with Gasteiger partial charge in [0, 0.05) is 11.1 Å². The van der Waals surface area contributed by atoms with Crippen molar-refractivity contribution in [1.29, 1.82) is 0 Å². The van der Waals surface area contributed by atoms with Crippen LogP contribution in [0.5, 0.6) is 11.5 Å². The summed E-state index contributed by atoms with van der Waals surface area (Å²) in [6.45, 7) is 2.00. The second kappa shape index (κ2) is 7.94. The van der Waals surface area contributed by atoms with Crippen molar-refractivity contribution in [3.8, 4) is 11.5 Å². The Kier molecular flexibility index (Phi) is 5.19. The van der Waals surface area contributed by atoms with Crippen molar-refractivity contribution in [1.82, 2.24) is 0 Å². The Morgan fingerprint density at radius 3 is 2.48 bits per heavy atom. The first-order valence-electron chi connectivity index (χ1n) is 9.08. The number of ketones is 1. The minimum absolute atomic E-state index is 0.118. The third-order valence-corrected chi connectivity index (χ3v) is 4.76. The van der Waals surface area contributed by atoms with Crippen LogP contribution in [0, 0.1) is 6.92 Å². The molecule has 0 fully saturated rings. The molecule has 4 nitrogen and oxygen atoms in total. The highest BCUT2D eigenvalue weighted by Crippen LogP contribution is 2.35. The maximum atomic E-state index is 12.6. The molecule has 3 aromatic rings. The molecule has 0 bridgehead atoms. The summed E-state index contributed by atoms with van der Waals surface area (Å²) in [7, 11) is 0. The number of ether oxygens (including phenoxy) is 2. The van der Waals surface area contributed by atoms with Gasteiger partial charge in [0.05, 0.1) is 12.0 Å². The van der Waals surface area contributed by atoms with Crippen LogP contribution in [-0.4, -0.2) is 11.8 Å². The molecule has 0 N–H and O–H groups in total. The molecular weight excluding hydrogens is 388 g/mol. The molecule has 1 heterocycles. The SMILES string of the molecule is Cc1ccc(/C=C2\Oc3cc(OC(=O)Cc4ccc(Cl)cc4)ccc3C2=O)cc1. The molecule has 29 heavy (non-hydrogen) atoms. The van der Waals surface area contributed by atoms with E-state index in [0.717, 1.165) is 16.7 Å². The highest BCUT2D eigenvalue weighted by Gasteiger charge is 2.28. The fourth-order valence-electron chi connectivity index (χ4n) is 2.98. The van der Waals surface area contributed by atoms with Crippen LogP contribution in [0.2, 0.25) is 5.02 Å². The molecule has 0 unspecified atom stereocenters. The summed E-state index contributed by atoms with van der Waals surface area (Å²) >= 11 is 5.85. The first-order chi connectivity index (χ1) is 14.0. The molecule has 0 aliphatic carbocycles. The zero-order valence-electron chi connectivity index (χ0n) is 15.6. The molecule has 1 aliphatic rings. The lowest BCUT2D eigenvalue weighted by atomic mass is 10.1. The first kappa shape index (κ1) is 19.0. The van der Waals surface area contributed by atoms with Gasteiger partial charge < -0.3 is 9.47 Å². The van der Waals surface area contributed by atoms with Gasteiger partial charge in [0.15, 0.2) is 5.76 Å². The third kappa shape index (κ3) is 4.39. The number of halogens is 1. The van der Waals surface area contributed by atoms with Crippen LogP contribution < -0.4 is 9.47 Å². The number of carbonyl (C=O) groups is 2. The van der Waals surface area contributed by atoms with Crippen molar-refractivity contribution in [3.05, 3.63) is 99.8 Å². The van der Waals surface area contributed by atoms with Crippen molar-refractivity contribution >= 4 is 29.4 Å². The molecule has 4 rings (SSSR count). The number of carbonyl (C=O) groups excluding carboxylic acids is 2. The average Bonchev–Trinajstić information content (AvgIpc) is 3.00. The van der Waals surface area contributed by atoms with Crippen LogP contribution in [-0.2, 0) is 11.2 Å². The maximum Gasteiger partial charge on any atom is 0.315 e. The van der Waals surface area contributed by atoms with Gasteiger partial charge in [-0.1, -0.05) is 53.6 Å². The van der Waals surface area contributed by atoms with E-state index in [-0.39, 0.29) is 18.0 Å². The maximum absolute atomic E-state index is 12.6. The van der Waals surface area contributed by atoms with E-state index in [1.165, 1.54) is 0 Å². The number of hydrogen-bond acceptors (Lipinski definition) is 4. The van der Waals surface area contributed by atoms with Crippen LogP contribution >= 0.6 is 11.6 Å². The van der Waals surface area contributed by atoms with Crippen molar-refractivity contribution in [2.75, 3.05) is 0 Å². The summed E-state index contributed by atoms with van der Waals surface area (Å²) in [4.78, 5) is 24.7. The van der Waals surface area contributed by atoms with Gasteiger partial charge >= 0.3 is 5.97 Å². The Bertz CT molecular complexity index is 1110. The van der Waals surface area contributed by atoms with Gasteiger partial charge in [-0.05, 0) is 48.4 Å². The summed E-state index contributed by atoms with van der Waals surface area (Å²) in [5.74, 6) is 0.345. The topological polar surface area (TPSA) is 52.6 Å². The second-order valence-corrected chi connectivity index (χ2v) is 7.22. The van der Waals surface area contributed by atoms with Gasteiger partial charge in [0.2, 0.25) is 5.78 Å². The number of fused-ring (bicyclic) bond motifs is 1. The normalized spacial score (nSPS) is 13.9. The van der Waals surface area contributed by atoms with Gasteiger partial charge in [0.25, 0.3) is 0 Å². The zero-order chi connectivity index (χ0) is 20.4. The van der Waals surface area contributed by atoms with E-state index in [4.69, 9.17) is 21.1 Å². The summed E-state index contributed by atoms with van der Waals surface area (Å²) < 4.78 is 11.1. The number of hydrogen-bond donors (Lipinski definition) is 0. The molecule has 0 saturated carbocycles. The molecule has 0 spiro atoms. The predicted octanol–water partition coefficient (Wildman–Crippen LogP) is 5.41. The Morgan fingerprint density at radius 1 is 1.03 bits per heavy atom. The number of Topliss-reactive ketones (excluding diaryl/α,β-unsaturated/α-hetero) is 1. The Labute approximate surface area is 173 Å². The van der Waals surface area contributed by atoms with E-state index >= 15 is 0 Å². The quantitative estimate of drug-likeness (QED) is 0.331. The highest BCUT2D eigenvalue weighted by atomic mass is 35.5. The molecule has 144 valence electrons. The van der Waals surface area contributed by atoms with Crippen LogP contribution in [0.4, 0.5) is 0 Å². The van der Waals surface area contributed by atoms with Crippen LogP contribution in [0.3, 0.4) is 0 Å². The number of benzene rings is 3. The van der Waals surface area contributed by atoms with E-state index in [1.54, 1.807) is 48.5 Å². The molecule has 5 heteroatoms. The fraction of sp³-hybridized carbons (Fsp3) is 0.0833. The number of aryl methyl sites for hydroxylation is 1. The summed E-state index contributed by atoms with van der Waals surface area (Å²) in [6, 6.07) is 19.5. The van der Waals surface area contributed by atoms with Crippen molar-refractivity contribution < 1.29 is 19.1 Å². The molecule has 0 radical (unpaired) electrons. The minimum Gasteiger partial charge on any atom is -0.452 e. The van der Waals surface area contributed by atoms with Crippen molar-refractivity contribution in [3.63, 3.8) is 0 Å². The van der Waals surface area contributed by atoms with E-state index in [1.807, 2.05) is 31.2 Å². The van der Waals surface area contributed by atoms with Crippen LogP contribution in [0.1, 0.15) is 27.0 Å². The Hall–Kier alpha value is -3.37.